The summed E-state index contributed by atoms with van der Waals surface area (Å²) in [5, 5.41) is 0. The van der Waals surface area contributed by atoms with E-state index >= 15 is 0 Å². The molecule has 0 saturated carbocycles. The second kappa shape index (κ2) is 12.9. The van der Waals surface area contributed by atoms with Gasteiger partial charge in [-0.2, -0.15) is 0 Å². The predicted molar refractivity (Wildman–Crippen MR) is 103 cm³/mol. The minimum absolute atomic E-state index is 0. The number of carbonyl (C=O) groups excluding carboxylic acids is 1. The Labute approximate surface area is 192 Å². The summed E-state index contributed by atoms with van der Waals surface area (Å²) in [5.74, 6) is 2.02. The molecule has 0 spiro atoms. The summed E-state index contributed by atoms with van der Waals surface area (Å²) in [6.45, 7) is 2.21. The van der Waals surface area contributed by atoms with E-state index in [9.17, 15) is 25.8 Å². The maximum Gasteiger partial charge on any atom is -1.00 e. The number of halogens is 7. The number of esters is 1. The number of rotatable bonds is 8. The van der Waals surface area contributed by atoms with E-state index < -0.39 is 29.4 Å². The molecule has 0 fully saturated rings. The second-order valence-corrected chi connectivity index (χ2v) is 9.83. The van der Waals surface area contributed by atoms with Crippen molar-refractivity contribution in [3.05, 3.63) is 49.1 Å². The van der Waals surface area contributed by atoms with Crippen LogP contribution >= 0.6 is 8.16 Å². The van der Waals surface area contributed by atoms with E-state index in [-0.39, 0.29) is 10.7 Å². The van der Waals surface area contributed by atoms with Gasteiger partial charge in [0.2, 0.25) is 0 Å². The van der Waals surface area contributed by atoms with E-state index in [1.54, 1.807) is 28.3 Å². The minimum atomic E-state index is -8.55. The number of methoxy groups -OCH3 is 3. The van der Waals surface area contributed by atoms with Gasteiger partial charge in [0.15, 0.2) is 15.1 Å². The van der Waals surface area contributed by atoms with E-state index in [0.717, 1.165) is 20.6 Å². The van der Waals surface area contributed by atoms with Crippen molar-refractivity contribution < 1.29 is 70.6 Å². The summed E-state index contributed by atoms with van der Waals surface area (Å²) in [7, 11) is -3.65. The van der Waals surface area contributed by atoms with Crippen molar-refractivity contribution in [2.24, 2.45) is 0 Å². The van der Waals surface area contributed by atoms with Gasteiger partial charge < -0.3 is 23.7 Å². The number of benzene rings is 2. The zero-order valence-electron chi connectivity index (χ0n) is 17.5. The van der Waals surface area contributed by atoms with Crippen LogP contribution in [-0.2, 0) is 16.0 Å². The zero-order valence-corrected chi connectivity index (χ0v) is 20.6. The summed E-state index contributed by atoms with van der Waals surface area (Å²) in [5.41, 5.74) is 0.944. The molecule has 0 aliphatic carbocycles. The van der Waals surface area contributed by atoms with Crippen LogP contribution in [0.3, 0.4) is 0 Å². The van der Waals surface area contributed by atoms with E-state index in [0.29, 0.717) is 18.8 Å². The van der Waals surface area contributed by atoms with Crippen LogP contribution in [0.1, 0.15) is 12.5 Å². The summed E-state index contributed by atoms with van der Waals surface area (Å²) < 4.78 is 72.7. The third-order valence-electron chi connectivity index (χ3n) is 3.43. The van der Waals surface area contributed by atoms with Crippen molar-refractivity contribution in [3.8, 4) is 17.2 Å². The maximum absolute atomic E-state index is 11.6. The molecule has 0 amide bonds. The monoisotopic (exact) mass is 602 g/mol. The Balaban J connectivity index is 0.00000121. The van der Waals surface area contributed by atoms with E-state index in [2.05, 4.69) is 0 Å². The molecule has 5 nitrogen and oxygen atoms in total. The van der Waals surface area contributed by atoms with Crippen LogP contribution in [0.15, 0.2) is 36.4 Å². The van der Waals surface area contributed by atoms with Gasteiger partial charge in [-0.1, -0.05) is 12.1 Å². The number of hydrogen-bond donors (Lipinski definition) is 0. The number of ether oxygens (including phenoxy) is 4. The first-order valence-corrected chi connectivity index (χ1v) is 12.5. The van der Waals surface area contributed by atoms with Crippen LogP contribution in [0.4, 0.5) is 21.0 Å². The SMILES string of the molecule is CCOC(=O)Cc1ccc([I+]c2c(OC)cc(OC)cc2OC)cc1.FP(F)(F)(F)F.[F-]. The first-order valence-electron chi connectivity index (χ1n) is 8.65. The number of carbonyl (C=O) groups is 1. The standard InChI is InChI=1S/C19H22IO5.F5P.FH/c1-5-25-18(21)10-13-6-8-14(9-7-13)20-19-16(23-3)11-15(22-2)12-17(19)24-4;1-6(2,3,4)5;/h6-9,11-12H,5,10H2,1-4H3;;1H/q+1;;/p-1. The molecular weight excluding hydrogens is 580 g/mol. The Hall–Kier alpha value is -1.95. The fourth-order valence-electron chi connectivity index (χ4n) is 2.21. The van der Waals surface area contributed by atoms with Gasteiger partial charge >= 0.3 is 56.3 Å². The molecule has 0 aliphatic rings. The first-order chi connectivity index (χ1) is 14.3. The predicted octanol–water partition coefficient (Wildman–Crippen LogP) is -0.0874. The van der Waals surface area contributed by atoms with Gasteiger partial charge in [-0.3, -0.25) is 4.79 Å². The van der Waals surface area contributed by atoms with Gasteiger partial charge in [-0.15, -0.1) is 0 Å². The molecule has 2 rings (SSSR count). The molecule has 0 atom stereocenters. The smallest absolute Gasteiger partial charge is 1.00 e. The topological polar surface area (TPSA) is 54.0 Å². The second-order valence-electron chi connectivity index (χ2n) is 5.69. The molecule has 0 aromatic heterocycles. The molecule has 0 unspecified atom stereocenters. The van der Waals surface area contributed by atoms with Crippen LogP contribution in [-0.4, -0.2) is 33.9 Å². The van der Waals surface area contributed by atoms with Crippen molar-refractivity contribution in [1.29, 1.82) is 0 Å². The Morgan fingerprint density at radius 1 is 0.906 bits per heavy atom. The quantitative estimate of drug-likeness (QED) is 0.183. The third-order valence-corrected chi connectivity index (χ3v) is 6.37. The molecule has 0 heterocycles. The van der Waals surface area contributed by atoms with Crippen LogP contribution in [0.2, 0.25) is 0 Å². The van der Waals surface area contributed by atoms with Crippen LogP contribution in [0.25, 0.3) is 0 Å². The molecule has 2 aromatic rings. The van der Waals surface area contributed by atoms with Gasteiger partial charge in [0.1, 0.15) is 5.75 Å². The Morgan fingerprint density at radius 2 is 1.38 bits per heavy atom. The summed E-state index contributed by atoms with van der Waals surface area (Å²) in [6.07, 6.45) is 0.293. The minimum Gasteiger partial charge on any atom is -1.00 e. The van der Waals surface area contributed by atoms with Gasteiger partial charge in [-0.05, 0) is 24.6 Å². The fourth-order valence-corrected chi connectivity index (χ4v) is 4.83. The van der Waals surface area contributed by atoms with E-state index in [1.165, 1.54) is 3.57 Å². The van der Waals surface area contributed by atoms with Crippen molar-refractivity contribution in [2.45, 2.75) is 13.3 Å². The molecule has 32 heavy (non-hydrogen) atoms. The largest absolute Gasteiger partial charge is 1.00 e. The van der Waals surface area contributed by atoms with Gasteiger partial charge in [0.05, 0.1) is 34.4 Å². The third kappa shape index (κ3) is 12.2. The van der Waals surface area contributed by atoms with Crippen LogP contribution in [0.5, 0.6) is 17.2 Å². The molecule has 0 bridgehead atoms. The van der Waals surface area contributed by atoms with Gasteiger partial charge in [0.25, 0.3) is 3.57 Å². The average Bonchev–Trinajstić information content (AvgIpc) is 2.67. The summed E-state index contributed by atoms with van der Waals surface area (Å²) in [6, 6.07) is 11.8. The normalized spacial score (nSPS) is 11.6. The van der Waals surface area contributed by atoms with Crippen molar-refractivity contribution >= 4 is 14.1 Å². The van der Waals surface area contributed by atoms with E-state index in [1.807, 2.05) is 36.4 Å². The molecule has 0 N–H and O–H groups in total. The van der Waals surface area contributed by atoms with Crippen molar-refractivity contribution in [3.63, 3.8) is 0 Å². The maximum atomic E-state index is 11.6. The van der Waals surface area contributed by atoms with Gasteiger partial charge in [0, 0.05) is 12.1 Å². The van der Waals surface area contributed by atoms with Gasteiger partial charge in [-0.25, -0.2) is 0 Å². The first kappa shape index (κ1) is 30.0. The Bertz CT molecular complexity index is 833. The molecule has 13 heteroatoms. The summed E-state index contributed by atoms with van der Waals surface area (Å²) >= 11 is -0.508. The van der Waals surface area contributed by atoms with Crippen LogP contribution < -0.4 is 40.1 Å². The molecule has 0 aliphatic heterocycles. The van der Waals surface area contributed by atoms with Crippen molar-refractivity contribution in [2.75, 3.05) is 27.9 Å². The number of hydrogen-bond acceptors (Lipinski definition) is 5. The molecule has 2 aromatic carbocycles. The zero-order chi connectivity index (χ0) is 23.7. The van der Waals surface area contributed by atoms with E-state index in [4.69, 9.17) is 18.9 Å². The Morgan fingerprint density at radius 3 is 1.75 bits per heavy atom. The molecule has 182 valence electrons. The van der Waals surface area contributed by atoms with Crippen molar-refractivity contribution in [1.82, 2.24) is 0 Å². The molecular formula is C19H22F6IO5P. The summed E-state index contributed by atoms with van der Waals surface area (Å²) in [4.78, 5) is 11.6. The Kier molecular flexibility index (Phi) is 12.1. The van der Waals surface area contributed by atoms with Crippen LogP contribution in [0, 0.1) is 7.14 Å². The fraction of sp³-hybridized carbons (Fsp3) is 0.316. The average molecular weight is 602 g/mol. The molecule has 0 radical (unpaired) electrons. The molecule has 0 saturated heterocycles.